The van der Waals surface area contributed by atoms with Gasteiger partial charge in [0.2, 0.25) is 0 Å². The average Bonchev–Trinajstić information content (AvgIpc) is 2.14. The van der Waals surface area contributed by atoms with Crippen LogP contribution in [0.1, 0.15) is 11.1 Å². The molecule has 0 bridgehead atoms. The van der Waals surface area contributed by atoms with Gasteiger partial charge in [0.1, 0.15) is 0 Å². The zero-order chi connectivity index (χ0) is 11.4. The van der Waals surface area contributed by atoms with E-state index in [4.69, 9.17) is 5.11 Å². The predicted molar refractivity (Wildman–Crippen MR) is 60.4 cm³/mol. The van der Waals surface area contributed by atoms with E-state index in [1.54, 1.807) is 0 Å². The maximum Gasteiger partial charge on any atom is 0.404 e. The Balaban J connectivity index is 2.77. The van der Waals surface area contributed by atoms with Crippen molar-refractivity contribution in [3.63, 3.8) is 0 Å². The zero-order valence-corrected chi connectivity index (χ0v) is 9.24. The molecule has 0 aliphatic heterocycles. The monoisotopic (exact) mass is 208 g/mol. The van der Waals surface area contributed by atoms with Crippen LogP contribution in [0.3, 0.4) is 0 Å². The molecule has 0 aliphatic rings. The first kappa shape index (κ1) is 11.4. The molecule has 4 nitrogen and oxygen atoms in total. The zero-order valence-electron chi connectivity index (χ0n) is 9.24. The summed E-state index contributed by atoms with van der Waals surface area (Å²) in [7, 11) is 3.97. The largest absolute Gasteiger partial charge is 0.465 e. The quantitative estimate of drug-likeness (QED) is 0.796. The smallest absolute Gasteiger partial charge is 0.404 e. The number of benzene rings is 1. The van der Waals surface area contributed by atoms with Crippen molar-refractivity contribution in [2.45, 2.75) is 13.5 Å². The number of amides is 1. The molecule has 0 aliphatic carbocycles. The van der Waals surface area contributed by atoms with Crippen molar-refractivity contribution < 1.29 is 9.90 Å². The minimum absolute atomic E-state index is 0.351. The van der Waals surface area contributed by atoms with Gasteiger partial charge < -0.3 is 15.3 Å². The fourth-order valence-electron chi connectivity index (χ4n) is 1.51. The number of carbonyl (C=O) groups is 1. The van der Waals surface area contributed by atoms with E-state index < -0.39 is 6.09 Å². The van der Waals surface area contributed by atoms with Gasteiger partial charge in [0.05, 0.1) is 0 Å². The fraction of sp³-hybridized carbons (Fsp3) is 0.364. The molecule has 0 aromatic heterocycles. The van der Waals surface area contributed by atoms with Gasteiger partial charge in [-0.2, -0.15) is 0 Å². The van der Waals surface area contributed by atoms with Crippen LogP contribution in [0.5, 0.6) is 0 Å². The third-order valence-electron chi connectivity index (χ3n) is 2.19. The molecule has 0 heterocycles. The number of rotatable bonds is 3. The van der Waals surface area contributed by atoms with E-state index in [-0.39, 0.29) is 0 Å². The molecule has 82 valence electrons. The molecule has 0 atom stereocenters. The highest BCUT2D eigenvalue weighted by Crippen LogP contribution is 2.18. The Labute approximate surface area is 89.5 Å². The molecule has 0 saturated heterocycles. The lowest BCUT2D eigenvalue weighted by Gasteiger charge is -2.16. The Morgan fingerprint density at radius 2 is 2.13 bits per heavy atom. The van der Waals surface area contributed by atoms with Gasteiger partial charge in [0.15, 0.2) is 0 Å². The molecule has 0 radical (unpaired) electrons. The van der Waals surface area contributed by atoms with Crippen LogP contribution in [0, 0.1) is 6.92 Å². The molecule has 1 aromatic rings. The van der Waals surface area contributed by atoms with Crippen LogP contribution < -0.4 is 10.2 Å². The van der Waals surface area contributed by atoms with Crippen LogP contribution in [0.25, 0.3) is 0 Å². The maximum atomic E-state index is 10.3. The number of hydrogen-bond donors (Lipinski definition) is 2. The van der Waals surface area contributed by atoms with Gasteiger partial charge in [-0.15, -0.1) is 0 Å². The van der Waals surface area contributed by atoms with Gasteiger partial charge in [-0.25, -0.2) is 4.79 Å². The molecular weight excluding hydrogens is 192 g/mol. The van der Waals surface area contributed by atoms with Crippen molar-refractivity contribution >= 4 is 11.8 Å². The average molecular weight is 208 g/mol. The topological polar surface area (TPSA) is 52.6 Å². The minimum atomic E-state index is -0.996. The summed E-state index contributed by atoms with van der Waals surface area (Å²) in [5.74, 6) is 0. The highest BCUT2D eigenvalue weighted by molar-refractivity contribution is 5.64. The van der Waals surface area contributed by atoms with Crippen LogP contribution in [-0.2, 0) is 6.54 Å². The van der Waals surface area contributed by atoms with E-state index in [0.717, 1.165) is 16.8 Å². The lowest BCUT2D eigenvalue weighted by molar-refractivity contribution is 0.194. The predicted octanol–water partition coefficient (Wildman–Crippen LogP) is 1.83. The van der Waals surface area contributed by atoms with E-state index in [0.29, 0.717) is 6.54 Å². The van der Waals surface area contributed by atoms with Crippen molar-refractivity contribution in [2.75, 3.05) is 19.0 Å². The SMILES string of the molecule is Cc1cc(CNC(=O)O)ccc1N(C)C. The van der Waals surface area contributed by atoms with Crippen molar-refractivity contribution in [1.29, 1.82) is 0 Å². The summed E-state index contributed by atoms with van der Waals surface area (Å²) in [6.07, 6.45) is -0.996. The van der Waals surface area contributed by atoms with Gasteiger partial charge in [-0.05, 0) is 24.1 Å². The molecule has 0 saturated carbocycles. The van der Waals surface area contributed by atoms with Gasteiger partial charge in [-0.1, -0.05) is 12.1 Å². The standard InChI is InChI=1S/C11H16N2O2/c1-8-6-9(7-12-11(14)15)4-5-10(8)13(2)3/h4-6,12H,7H2,1-3H3,(H,14,15). The number of nitrogens with one attached hydrogen (secondary N) is 1. The Morgan fingerprint density at radius 1 is 1.47 bits per heavy atom. The lowest BCUT2D eigenvalue weighted by atomic mass is 10.1. The number of carboxylic acid groups (broad SMARTS) is 1. The Hall–Kier alpha value is -1.71. The minimum Gasteiger partial charge on any atom is -0.465 e. The van der Waals surface area contributed by atoms with Crippen LogP contribution in [-0.4, -0.2) is 25.3 Å². The number of hydrogen-bond acceptors (Lipinski definition) is 2. The van der Waals surface area contributed by atoms with Crippen LogP contribution in [0.2, 0.25) is 0 Å². The van der Waals surface area contributed by atoms with E-state index in [9.17, 15) is 4.79 Å². The molecule has 1 rings (SSSR count). The van der Waals surface area contributed by atoms with Crippen molar-refractivity contribution in [3.05, 3.63) is 29.3 Å². The van der Waals surface area contributed by atoms with E-state index >= 15 is 0 Å². The maximum absolute atomic E-state index is 10.3. The van der Waals surface area contributed by atoms with E-state index in [2.05, 4.69) is 5.32 Å². The third-order valence-corrected chi connectivity index (χ3v) is 2.19. The first-order chi connectivity index (χ1) is 7.00. The Bertz CT molecular complexity index is 362. The number of aryl methyl sites for hydroxylation is 1. The molecule has 0 unspecified atom stereocenters. The van der Waals surface area contributed by atoms with Gasteiger partial charge in [-0.3, -0.25) is 0 Å². The second kappa shape index (κ2) is 4.68. The number of anilines is 1. The van der Waals surface area contributed by atoms with Gasteiger partial charge in [0, 0.05) is 26.3 Å². The van der Waals surface area contributed by atoms with E-state index in [1.807, 2.05) is 44.1 Å². The highest BCUT2D eigenvalue weighted by atomic mass is 16.4. The van der Waals surface area contributed by atoms with Crippen molar-refractivity contribution in [1.82, 2.24) is 5.32 Å². The highest BCUT2D eigenvalue weighted by Gasteiger charge is 2.02. The summed E-state index contributed by atoms with van der Waals surface area (Å²) in [4.78, 5) is 12.3. The molecule has 1 aromatic carbocycles. The molecule has 0 spiro atoms. The molecule has 15 heavy (non-hydrogen) atoms. The fourth-order valence-corrected chi connectivity index (χ4v) is 1.51. The second-order valence-corrected chi connectivity index (χ2v) is 3.67. The van der Waals surface area contributed by atoms with Crippen LogP contribution in [0.4, 0.5) is 10.5 Å². The molecule has 0 fully saturated rings. The summed E-state index contributed by atoms with van der Waals surface area (Å²) < 4.78 is 0. The number of nitrogens with zero attached hydrogens (tertiary/aromatic N) is 1. The molecular formula is C11H16N2O2. The van der Waals surface area contributed by atoms with Crippen molar-refractivity contribution in [3.8, 4) is 0 Å². The second-order valence-electron chi connectivity index (χ2n) is 3.67. The van der Waals surface area contributed by atoms with Crippen molar-refractivity contribution in [2.24, 2.45) is 0 Å². The first-order valence-electron chi connectivity index (χ1n) is 4.74. The molecule has 2 N–H and O–H groups in total. The summed E-state index contributed by atoms with van der Waals surface area (Å²) in [6.45, 7) is 2.36. The summed E-state index contributed by atoms with van der Waals surface area (Å²) in [5, 5.41) is 10.8. The van der Waals surface area contributed by atoms with Crippen LogP contribution in [0.15, 0.2) is 18.2 Å². The Morgan fingerprint density at radius 3 is 2.60 bits per heavy atom. The summed E-state index contributed by atoms with van der Waals surface area (Å²) in [5.41, 5.74) is 3.26. The normalized spacial score (nSPS) is 9.80. The summed E-state index contributed by atoms with van der Waals surface area (Å²) >= 11 is 0. The van der Waals surface area contributed by atoms with E-state index in [1.165, 1.54) is 0 Å². The first-order valence-corrected chi connectivity index (χ1v) is 4.74. The van der Waals surface area contributed by atoms with Gasteiger partial charge in [0.25, 0.3) is 0 Å². The van der Waals surface area contributed by atoms with Crippen LogP contribution >= 0.6 is 0 Å². The molecule has 1 amide bonds. The molecule has 4 heteroatoms. The third kappa shape index (κ3) is 3.16. The lowest BCUT2D eigenvalue weighted by Crippen LogP contribution is -2.20. The van der Waals surface area contributed by atoms with Gasteiger partial charge >= 0.3 is 6.09 Å². The summed E-state index contributed by atoms with van der Waals surface area (Å²) in [6, 6.07) is 5.91. The Kier molecular flexibility index (Phi) is 3.55.